The highest BCUT2D eigenvalue weighted by Gasteiger charge is 2.53. The molecule has 0 aliphatic carbocycles. The van der Waals surface area contributed by atoms with Crippen LogP contribution < -0.4 is 0 Å². The molecule has 1 rings (SSSR count). The summed E-state index contributed by atoms with van der Waals surface area (Å²) < 4.78 is 5.30. The number of rotatable bonds is 4. The van der Waals surface area contributed by atoms with Gasteiger partial charge >= 0.3 is 12.1 Å². The fraction of sp³-hybridized carbons (Fsp3) is 0.714. The van der Waals surface area contributed by atoms with Crippen molar-refractivity contribution in [1.29, 1.82) is 0 Å². The Bertz CT molecular complexity index is 519. The van der Waals surface area contributed by atoms with Crippen LogP contribution in [-0.4, -0.2) is 45.8 Å². The SMILES string of the molecule is CC=CCC1(C(=O)O)CC(N=[N+]=[N-])CN1C(=O)OC(C)(C)C. The van der Waals surface area contributed by atoms with E-state index in [-0.39, 0.29) is 19.4 Å². The number of hydrogen-bond donors (Lipinski definition) is 1. The summed E-state index contributed by atoms with van der Waals surface area (Å²) in [6.45, 7) is 6.93. The highest BCUT2D eigenvalue weighted by atomic mass is 16.6. The zero-order valence-electron chi connectivity index (χ0n) is 13.3. The molecule has 2 unspecified atom stereocenters. The molecule has 1 fully saturated rings. The number of amides is 1. The van der Waals surface area contributed by atoms with Crippen LogP contribution in [0.3, 0.4) is 0 Å². The molecule has 1 N–H and O–H groups in total. The highest BCUT2D eigenvalue weighted by molar-refractivity contribution is 5.85. The zero-order chi connectivity index (χ0) is 17.0. The largest absolute Gasteiger partial charge is 0.479 e. The van der Waals surface area contributed by atoms with Crippen LogP contribution >= 0.6 is 0 Å². The predicted octanol–water partition coefficient (Wildman–Crippen LogP) is 3.10. The van der Waals surface area contributed by atoms with Gasteiger partial charge in [-0.25, -0.2) is 9.59 Å². The van der Waals surface area contributed by atoms with E-state index in [1.165, 1.54) is 4.90 Å². The smallest absolute Gasteiger partial charge is 0.411 e. The summed E-state index contributed by atoms with van der Waals surface area (Å²) >= 11 is 0. The molecular weight excluding hydrogens is 288 g/mol. The third-order valence-electron chi connectivity index (χ3n) is 3.40. The third-order valence-corrected chi connectivity index (χ3v) is 3.40. The second kappa shape index (κ2) is 6.70. The topological polar surface area (TPSA) is 116 Å². The number of azide groups is 1. The van der Waals surface area contributed by atoms with Crippen molar-refractivity contribution in [2.45, 2.75) is 57.7 Å². The fourth-order valence-electron chi connectivity index (χ4n) is 2.46. The first-order valence-electron chi connectivity index (χ1n) is 7.05. The normalized spacial score (nSPS) is 25.1. The summed E-state index contributed by atoms with van der Waals surface area (Å²) in [5.74, 6) is -1.13. The summed E-state index contributed by atoms with van der Waals surface area (Å²) in [4.78, 5) is 28.1. The molecule has 0 aromatic rings. The number of hydrogen-bond acceptors (Lipinski definition) is 4. The van der Waals surface area contributed by atoms with Crippen molar-refractivity contribution in [3.63, 3.8) is 0 Å². The van der Waals surface area contributed by atoms with Crippen LogP contribution in [0.5, 0.6) is 0 Å². The van der Waals surface area contributed by atoms with E-state index in [0.29, 0.717) is 0 Å². The van der Waals surface area contributed by atoms with Crippen molar-refractivity contribution >= 4 is 12.1 Å². The van der Waals surface area contributed by atoms with E-state index in [1.54, 1.807) is 39.8 Å². The molecule has 122 valence electrons. The molecule has 0 aromatic carbocycles. The van der Waals surface area contributed by atoms with E-state index in [2.05, 4.69) is 10.0 Å². The van der Waals surface area contributed by atoms with Crippen LogP contribution in [-0.2, 0) is 9.53 Å². The lowest BCUT2D eigenvalue weighted by Crippen LogP contribution is -2.54. The van der Waals surface area contributed by atoms with Crippen molar-refractivity contribution in [3.8, 4) is 0 Å². The van der Waals surface area contributed by atoms with Crippen molar-refractivity contribution in [2.75, 3.05) is 6.54 Å². The minimum Gasteiger partial charge on any atom is -0.479 e. The lowest BCUT2D eigenvalue weighted by Gasteiger charge is -2.35. The molecule has 8 heteroatoms. The molecule has 1 heterocycles. The van der Waals surface area contributed by atoms with Gasteiger partial charge in [-0.15, -0.1) is 0 Å². The number of carboxylic acid groups (broad SMARTS) is 1. The number of likely N-dealkylation sites (tertiary alicyclic amines) is 1. The molecule has 0 saturated carbocycles. The Morgan fingerprint density at radius 1 is 1.55 bits per heavy atom. The molecule has 8 nitrogen and oxygen atoms in total. The number of aliphatic carboxylic acids is 1. The average Bonchev–Trinajstić information content (AvgIpc) is 2.75. The van der Waals surface area contributed by atoms with Crippen LogP contribution in [0.4, 0.5) is 4.79 Å². The van der Waals surface area contributed by atoms with Crippen molar-refractivity contribution < 1.29 is 19.4 Å². The van der Waals surface area contributed by atoms with Gasteiger partial charge in [0.25, 0.3) is 0 Å². The van der Waals surface area contributed by atoms with Crippen molar-refractivity contribution in [3.05, 3.63) is 22.6 Å². The first-order chi connectivity index (χ1) is 10.2. The predicted molar refractivity (Wildman–Crippen MR) is 80.3 cm³/mol. The first kappa shape index (κ1) is 17.8. The van der Waals surface area contributed by atoms with E-state index < -0.39 is 29.2 Å². The van der Waals surface area contributed by atoms with Gasteiger partial charge in [0.1, 0.15) is 11.1 Å². The molecule has 0 spiro atoms. The second-order valence-electron chi connectivity index (χ2n) is 6.26. The van der Waals surface area contributed by atoms with Gasteiger partial charge in [-0.2, -0.15) is 0 Å². The Labute approximate surface area is 129 Å². The van der Waals surface area contributed by atoms with Gasteiger partial charge in [-0.05, 0) is 46.1 Å². The van der Waals surface area contributed by atoms with Gasteiger partial charge in [-0.1, -0.05) is 17.3 Å². The minimum atomic E-state index is -1.45. The van der Waals surface area contributed by atoms with Gasteiger partial charge in [0, 0.05) is 11.5 Å². The quantitative estimate of drug-likeness (QED) is 0.371. The lowest BCUT2D eigenvalue weighted by molar-refractivity contribution is -0.149. The number of nitrogens with zero attached hydrogens (tertiary/aromatic N) is 4. The van der Waals surface area contributed by atoms with Gasteiger partial charge in [0.2, 0.25) is 0 Å². The number of carbonyl (C=O) groups is 2. The standard InChI is InChI=1S/C14H22N4O4/c1-5-6-7-14(11(19)20)8-10(16-17-15)9-18(14)12(21)22-13(2,3)4/h5-6,10H,7-9H2,1-4H3,(H,19,20). The van der Waals surface area contributed by atoms with Gasteiger partial charge < -0.3 is 9.84 Å². The van der Waals surface area contributed by atoms with E-state index in [1.807, 2.05) is 0 Å². The summed E-state index contributed by atoms with van der Waals surface area (Å²) in [6.07, 6.45) is 2.89. The summed E-state index contributed by atoms with van der Waals surface area (Å²) in [6, 6.07) is -0.584. The number of ether oxygens (including phenoxy) is 1. The molecular formula is C14H22N4O4. The Balaban J connectivity index is 3.18. The molecule has 0 radical (unpaired) electrons. The monoisotopic (exact) mass is 310 g/mol. The Hall–Kier alpha value is -2.21. The summed E-state index contributed by atoms with van der Waals surface area (Å²) in [5, 5.41) is 13.3. The van der Waals surface area contributed by atoms with Crippen molar-refractivity contribution in [2.24, 2.45) is 5.11 Å². The highest BCUT2D eigenvalue weighted by Crippen LogP contribution is 2.36. The summed E-state index contributed by atoms with van der Waals surface area (Å²) in [5.41, 5.74) is 6.40. The molecule has 0 bridgehead atoms. The maximum absolute atomic E-state index is 12.4. The maximum Gasteiger partial charge on any atom is 0.411 e. The number of allylic oxidation sites excluding steroid dienone is 1. The number of carboxylic acids is 1. The Kier molecular flexibility index (Phi) is 5.43. The third kappa shape index (κ3) is 3.92. The summed E-state index contributed by atoms with van der Waals surface area (Å²) in [7, 11) is 0. The Morgan fingerprint density at radius 2 is 2.18 bits per heavy atom. The van der Waals surface area contributed by atoms with Crippen LogP contribution in [0.15, 0.2) is 17.3 Å². The molecule has 2 atom stereocenters. The van der Waals surface area contributed by atoms with Crippen LogP contribution in [0.2, 0.25) is 0 Å². The van der Waals surface area contributed by atoms with E-state index >= 15 is 0 Å². The number of carbonyl (C=O) groups excluding carboxylic acids is 1. The molecule has 22 heavy (non-hydrogen) atoms. The van der Waals surface area contributed by atoms with E-state index in [9.17, 15) is 14.7 Å². The maximum atomic E-state index is 12.4. The fourth-order valence-corrected chi connectivity index (χ4v) is 2.46. The van der Waals surface area contributed by atoms with Crippen molar-refractivity contribution in [1.82, 2.24) is 4.90 Å². The van der Waals surface area contributed by atoms with Gasteiger partial charge in [0.15, 0.2) is 0 Å². The zero-order valence-corrected chi connectivity index (χ0v) is 13.3. The van der Waals surface area contributed by atoms with E-state index in [0.717, 1.165) is 0 Å². The van der Waals surface area contributed by atoms with Gasteiger partial charge in [0.05, 0.1) is 6.04 Å². The lowest BCUT2D eigenvalue weighted by atomic mass is 9.91. The molecule has 1 amide bonds. The van der Waals surface area contributed by atoms with E-state index in [4.69, 9.17) is 10.3 Å². The minimum absolute atomic E-state index is 0.0306. The second-order valence-corrected chi connectivity index (χ2v) is 6.26. The van der Waals surface area contributed by atoms with Crippen LogP contribution in [0, 0.1) is 0 Å². The molecule has 1 aliphatic rings. The van der Waals surface area contributed by atoms with Crippen LogP contribution in [0.25, 0.3) is 10.4 Å². The molecule has 1 saturated heterocycles. The average molecular weight is 310 g/mol. The molecule has 1 aliphatic heterocycles. The van der Waals surface area contributed by atoms with Crippen LogP contribution in [0.1, 0.15) is 40.5 Å². The first-order valence-corrected chi connectivity index (χ1v) is 7.05. The Morgan fingerprint density at radius 3 is 2.64 bits per heavy atom. The molecule has 0 aromatic heterocycles. The van der Waals surface area contributed by atoms with Gasteiger partial charge in [-0.3, -0.25) is 4.90 Å².